The molecule has 0 atom stereocenters. The molecule has 0 aliphatic carbocycles. The standard InChI is InChI=1S/C8H9NO3.C8H11NO.C8H10O.C7H7NO4.C7H9NO2.C7H8O2/c1-2-6-3-4-7(9(11)12)8(10)5-6;1-2-6-3-4-7(9)8(10)5-6;1-2-7-4-3-5-8(9)6-7;9-4-5-1-2-6(8(11)12)7(10)3-5;8-6-2-1-5(4-9)3-7(6)10;8-5-6-2-1-3-7(9)4-6/h3-5,10H,2H2,1H3;3-5,10H,2,9H2,1H3;3-6,9H,2H2,1H3;1-3,9-10H,4H2;1-3,9-10H,4,8H2;1-4,8-9H,5H2. The number of nitro benzene ring substituents is 2. The van der Waals surface area contributed by atoms with Crippen molar-refractivity contribution in [1.29, 1.82) is 0 Å². The first-order chi connectivity index (χ1) is 29.4. The largest absolute Gasteiger partial charge is 0.508 e. The quantitative estimate of drug-likeness (QED) is 0.0305. The molecule has 332 valence electrons. The number of hydrogen-bond acceptors (Lipinski definition) is 15. The minimum Gasteiger partial charge on any atom is -0.508 e. The molecule has 0 radical (unpaired) electrons. The maximum absolute atomic E-state index is 10.3. The summed E-state index contributed by atoms with van der Waals surface area (Å²) in [6.07, 6.45) is 2.66. The average molecular weight is 859 g/mol. The van der Waals surface area contributed by atoms with E-state index in [0.717, 1.165) is 48.1 Å². The number of nitrogen functional groups attached to an aromatic ring is 2. The van der Waals surface area contributed by atoms with E-state index in [1.807, 2.05) is 32.0 Å². The van der Waals surface area contributed by atoms with Crippen LogP contribution < -0.4 is 11.5 Å². The summed E-state index contributed by atoms with van der Waals surface area (Å²) in [5, 5.41) is 100. The minimum atomic E-state index is -0.684. The van der Waals surface area contributed by atoms with Crippen LogP contribution in [-0.2, 0) is 39.1 Å². The summed E-state index contributed by atoms with van der Waals surface area (Å²) in [4.78, 5) is 19.2. The number of anilines is 2. The fraction of sp³-hybridized carbons (Fsp3) is 0.200. The molecule has 0 saturated carbocycles. The van der Waals surface area contributed by atoms with Crippen molar-refractivity contribution >= 4 is 22.7 Å². The van der Waals surface area contributed by atoms with E-state index >= 15 is 0 Å². The van der Waals surface area contributed by atoms with E-state index in [2.05, 4.69) is 6.92 Å². The number of nitrogens with two attached hydrogens (primary N) is 2. The molecule has 0 amide bonds. The minimum absolute atomic E-state index is 0.0194. The number of nitro groups is 2. The molecule has 0 saturated heterocycles. The fourth-order valence-electron chi connectivity index (χ4n) is 4.69. The number of aliphatic hydroxyl groups excluding tert-OH is 3. The van der Waals surface area contributed by atoms with Gasteiger partial charge in [0.1, 0.15) is 23.0 Å². The zero-order chi connectivity index (χ0) is 46.8. The second-order valence-corrected chi connectivity index (χ2v) is 12.8. The molecule has 0 aliphatic rings. The first kappa shape index (κ1) is 52.4. The van der Waals surface area contributed by atoms with E-state index in [1.165, 1.54) is 35.9 Å². The van der Waals surface area contributed by atoms with Crippen LogP contribution in [0.1, 0.15) is 54.2 Å². The van der Waals surface area contributed by atoms with Crippen LogP contribution in [0.15, 0.2) is 121 Å². The van der Waals surface area contributed by atoms with Crippen molar-refractivity contribution in [3.8, 4) is 34.5 Å². The van der Waals surface area contributed by atoms with Gasteiger partial charge >= 0.3 is 11.4 Å². The number of hydrogen-bond donors (Lipinski definition) is 11. The van der Waals surface area contributed by atoms with E-state index in [9.17, 15) is 20.2 Å². The Kier molecular flexibility index (Phi) is 23.6. The molecule has 17 heteroatoms. The van der Waals surface area contributed by atoms with Gasteiger partial charge in [0, 0.05) is 12.1 Å². The molecule has 0 bridgehead atoms. The van der Waals surface area contributed by atoms with Crippen molar-refractivity contribution < 1.29 is 55.8 Å². The lowest BCUT2D eigenvalue weighted by atomic mass is 10.1. The lowest BCUT2D eigenvalue weighted by Gasteiger charge is -1.99. The third kappa shape index (κ3) is 19.4. The van der Waals surface area contributed by atoms with Gasteiger partial charge in [0.25, 0.3) is 0 Å². The van der Waals surface area contributed by atoms with Crippen LogP contribution in [0.4, 0.5) is 22.7 Å². The summed E-state index contributed by atoms with van der Waals surface area (Å²) in [6, 6.07) is 31.9. The molecule has 6 rings (SSSR count). The Bertz CT molecular complexity index is 2150. The first-order valence-electron chi connectivity index (χ1n) is 18.9. The van der Waals surface area contributed by atoms with Gasteiger partial charge in [-0.25, -0.2) is 0 Å². The molecule has 0 aromatic heterocycles. The normalized spacial score (nSPS) is 9.65. The Balaban J connectivity index is 0.000000373. The van der Waals surface area contributed by atoms with E-state index in [1.54, 1.807) is 60.7 Å². The van der Waals surface area contributed by atoms with Gasteiger partial charge in [-0.3, -0.25) is 20.2 Å². The van der Waals surface area contributed by atoms with E-state index in [0.29, 0.717) is 28.3 Å². The van der Waals surface area contributed by atoms with Crippen molar-refractivity contribution in [3.05, 3.63) is 175 Å². The monoisotopic (exact) mass is 858 g/mol. The molecule has 0 spiro atoms. The highest BCUT2D eigenvalue weighted by Crippen LogP contribution is 2.27. The molecule has 0 fully saturated rings. The smallest absolute Gasteiger partial charge is 0.310 e. The van der Waals surface area contributed by atoms with Gasteiger partial charge in [-0.1, -0.05) is 63.2 Å². The third-order valence-corrected chi connectivity index (χ3v) is 8.26. The number of phenols is 6. The van der Waals surface area contributed by atoms with Gasteiger partial charge in [-0.15, -0.1) is 0 Å². The summed E-state index contributed by atoms with van der Waals surface area (Å²) >= 11 is 0. The Morgan fingerprint density at radius 3 is 1.03 bits per heavy atom. The van der Waals surface area contributed by atoms with Crippen LogP contribution in [0.25, 0.3) is 0 Å². The highest BCUT2D eigenvalue weighted by atomic mass is 16.6. The number of aromatic hydroxyl groups is 6. The second-order valence-electron chi connectivity index (χ2n) is 12.8. The highest BCUT2D eigenvalue weighted by Gasteiger charge is 2.13. The Hall–Kier alpha value is -7.60. The Labute approximate surface area is 358 Å². The van der Waals surface area contributed by atoms with Crippen LogP contribution >= 0.6 is 0 Å². The maximum Gasteiger partial charge on any atom is 0.310 e. The van der Waals surface area contributed by atoms with Gasteiger partial charge in [0.15, 0.2) is 11.5 Å². The molecule has 62 heavy (non-hydrogen) atoms. The summed E-state index contributed by atoms with van der Waals surface area (Å²) in [5.74, 6) is 0.0627. The molecule has 6 aromatic rings. The Morgan fingerprint density at radius 2 is 0.710 bits per heavy atom. The van der Waals surface area contributed by atoms with Crippen LogP contribution in [0.5, 0.6) is 34.5 Å². The molecular formula is C45H54N4O13. The summed E-state index contributed by atoms with van der Waals surface area (Å²) < 4.78 is 0. The number of nitrogens with zero attached hydrogens (tertiary/aromatic N) is 2. The number of aryl methyl sites for hydroxylation is 3. The molecule has 0 unspecified atom stereocenters. The predicted molar refractivity (Wildman–Crippen MR) is 237 cm³/mol. The second kappa shape index (κ2) is 28.0. The number of aliphatic hydroxyl groups is 3. The van der Waals surface area contributed by atoms with Crippen molar-refractivity contribution in [3.63, 3.8) is 0 Å². The van der Waals surface area contributed by atoms with Gasteiger partial charge in [-0.2, -0.15) is 0 Å². The lowest BCUT2D eigenvalue weighted by Crippen LogP contribution is -1.90. The van der Waals surface area contributed by atoms with Crippen LogP contribution in [-0.4, -0.2) is 55.8 Å². The van der Waals surface area contributed by atoms with Gasteiger partial charge in [0.2, 0.25) is 0 Å². The van der Waals surface area contributed by atoms with E-state index in [-0.39, 0.29) is 54.2 Å². The van der Waals surface area contributed by atoms with Gasteiger partial charge in [0.05, 0.1) is 41.0 Å². The Morgan fingerprint density at radius 1 is 0.419 bits per heavy atom. The first-order valence-corrected chi connectivity index (χ1v) is 18.9. The van der Waals surface area contributed by atoms with Gasteiger partial charge < -0.3 is 57.4 Å². The molecular weight excluding hydrogens is 805 g/mol. The molecule has 6 aromatic carbocycles. The third-order valence-electron chi connectivity index (χ3n) is 8.26. The molecule has 17 nitrogen and oxygen atoms in total. The fourth-order valence-corrected chi connectivity index (χ4v) is 4.69. The van der Waals surface area contributed by atoms with Crippen LogP contribution in [0.3, 0.4) is 0 Å². The summed E-state index contributed by atoms with van der Waals surface area (Å²) in [5.41, 5.74) is 15.9. The molecule has 0 heterocycles. The zero-order valence-electron chi connectivity index (χ0n) is 34.5. The highest BCUT2D eigenvalue weighted by molar-refractivity contribution is 5.53. The van der Waals surface area contributed by atoms with Gasteiger partial charge in [-0.05, 0) is 119 Å². The number of rotatable bonds is 8. The van der Waals surface area contributed by atoms with Crippen LogP contribution in [0.2, 0.25) is 0 Å². The predicted octanol–water partition coefficient (Wildman–Crippen LogP) is 7.50. The summed E-state index contributed by atoms with van der Waals surface area (Å²) in [6.45, 7) is 5.67. The number of benzene rings is 6. The zero-order valence-corrected chi connectivity index (χ0v) is 34.5. The topological polar surface area (TPSA) is 320 Å². The molecule has 0 aliphatic heterocycles. The summed E-state index contributed by atoms with van der Waals surface area (Å²) in [7, 11) is 0. The van der Waals surface area contributed by atoms with Crippen molar-refractivity contribution in [1.82, 2.24) is 0 Å². The molecule has 13 N–H and O–H groups in total. The van der Waals surface area contributed by atoms with Crippen molar-refractivity contribution in [2.75, 3.05) is 11.5 Å². The van der Waals surface area contributed by atoms with Crippen molar-refractivity contribution in [2.24, 2.45) is 0 Å². The van der Waals surface area contributed by atoms with Crippen molar-refractivity contribution in [2.45, 2.75) is 59.9 Å². The average Bonchev–Trinajstić information content (AvgIpc) is 3.26. The van der Waals surface area contributed by atoms with Crippen LogP contribution in [0, 0.1) is 20.2 Å². The maximum atomic E-state index is 10.3. The SMILES string of the molecule is CCc1ccc(N)c(O)c1.CCc1ccc([N+](=O)[O-])c(O)c1.CCc1cccc(O)c1.Nc1ccc(CO)cc1O.O=[N+]([O-])c1ccc(CO)cc1O.OCc1cccc(O)c1. The number of phenolic OH excluding ortho intramolecular Hbond substituents is 6. The lowest BCUT2D eigenvalue weighted by molar-refractivity contribution is -0.386. The van der Waals surface area contributed by atoms with E-state index < -0.39 is 15.6 Å². The van der Waals surface area contributed by atoms with E-state index in [4.69, 9.17) is 57.4 Å².